The molecule has 0 spiro atoms. The summed E-state index contributed by atoms with van der Waals surface area (Å²) in [6.45, 7) is 16.0. The number of unbranched alkanes of at least 4 members (excludes halogenated alkanes) is 1. The standard InChI is InChI=1S/C41H73N5O7/c1-15-28(6)37(46(12)41(51)35(26(2)3)43-40(50)36(27(4)5)44(9)10)33(53-14)25-34(47)45(11)24-20-19-23-32(52-13)29(7)39(49)42-30(8)38(48)31-21-17-16-18-22-31/h16-18,21-22,26-30,32-33,35-38,48H,15,19-20,23-25H2,1-14H3,(H,42,49)(H,43,50)/t28?,29?,30?,32?,33?,35-,36?,37?,38?/m0/s1. The Morgan fingerprint density at radius 2 is 1.38 bits per heavy atom. The fourth-order valence-electron chi connectivity index (χ4n) is 7.10. The number of likely N-dealkylation sites (N-methyl/N-ethyl adjacent to an activating group) is 2. The first-order chi connectivity index (χ1) is 24.8. The lowest BCUT2D eigenvalue weighted by atomic mass is 9.89. The second-order valence-corrected chi connectivity index (χ2v) is 15.7. The van der Waals surface area contributed by atoms with E-state index < -0.39 is 36.3 Å². The van der Waals surface area contributed by atoms with Crippen LogP contribution in [0.25, 0.3) is 0 Å². The molecule has 0 aliphatic carbocycles. The summed E-state index contributed by atoms with van der Waals surface area (Å²) in [6, 6.07) is 7.27. The molecule has 12 heteroatoms. The second kappa shape index (κ2) is 23.7. The molecule has 8 unspecified atom stereocenters. The highest BCUT2D eigenvalue weighted by Gasteiger charge is 2.39. The summed E-state index contributed by atoms with van der Waals surface area (Å²) in [6.07, 6.45) is 1.25. The summed E-state index contributed by atoms with van der Waals surface area (Å²) >= 11 is 0. The normalized spacial score (nSPS) is 16.9. The van der Waals surface area contributed by atoms with Gasteiger partial charge < -0.3 is 35.0 Å². The molecule has 12 nitrogen and oxygen atoms in total. The van der Waals surface area contributed by atoms with Gasteiger partial charge in [0.25, 0.3) is 0 Å². The molecular weight excluding hydrogens is 674 g/mol. The van der Waals surface area contributed by atoms with E-state index in [1.807, 2.05) is 83.9 Å². The number of aliphatic hydroxyl groups is 1. The number of nitrogens with one attached hydrogen (secondary N) is 2. The Balaban J connectivity index is 2.87. The lowest BCUT2D eigenvalue weighted by Crippen LogP contribution is -2.59. The zero-order valence-corrected chi connectivity index (χ0v) is 35.2. The molecule has 3 N–H and O–H groups in total. The molecule has 304 valence electrons. The average Bonchev–Trinajstić information content (AvgIpc) is 3.11. The predicted octanol–water partition coefficient (Wildman–Crippen LogP) is 4.51. The molecule has 0 heterocycles. The van der Waals surface area contributed by atoms with Gasteiger partial charge >= 0.3 is 0 Å². The van der Waals surface area contributed by atoms with Gasteiger partial charge in [0.2, 0.25) is 23.6 Å². The Hall–Kier alpha value is -3.06. The summed E-state index contributed by atoms with van der Waals surface area (Å²) < 4.78 is 11.6. The SMILES string of the molecule is CCC(C)C(C(CC(=O)N(C)CCCCC(OC)C(C)C(=O)NC(C)C(O)c1ccccc1)OC)N(C)C(=O)[C@@H](NC(=O)C(C(C)C)N(C)C)C(C)C. The second-order valence-electron chi connectivity index (χ2n) is 15.7. The highest BCUT2D eigenvalue weighted by Crippen LogP contribution is 2.25. The fraction of sp³-hybridized carbons (Fsp3) is 0.756. The van der Waals surface area contributed by atoms with Crippen molar-refractivity contribution in [2.24, 2.45) is 23.7 Å². The molecule has 0 saturated heterocycles. The van der Waals surface area contributed by atoms with Gasteiger partial charge in [0.15, 0.2) is 0 Å². The zero-order valence-electron chi connectivity index (χ0n) is 35.2. The van der Waals surface area contributed by atoms with Crippen LogP contribution in [0.2, 0.25) is 0 Å². The first-order valence-corrected chi connectivity index (χ1v) is 19.4. The van der Waals surface area contributed by atoms with Gasteiger partial charge in [0.1, 0.15) is 6.04 Å². The van der Waals surface area contributed by atoms with Gasteiger partial charge in [0, 0.05) is 34.9 Å². The first kappa shape index (κ1) is 48.0. The predicted molar refractivity (Wildman–Crippen MR) is 211 cm³/mol. The van der Waals surface area contributed by atoms with Crippen LogP contribution in [0.5, 0.6) is 0 Å². The van der Waals surface area contributed by atoms with Gasteiger partial charge in [0.05, 0.1) is 48.8 Å². The Bertz CT molecular complexity index is 1240. The van der Waals surface area contributed by atoms with Gasteiger partial charge in [-0.15, -0.1) is 0 Å². The Kier molecular flexibility index (Phi) is 21.4. The maximum absolute atomic E-state index is 14.1. The molecule has 0 aliphatic heterocycles. The number of aliphatic hydroxyl groups excluding tert-OH is 1. The third-order valence-electron chi connectivity index (χ3n) is 10.7. The Morgan fingerprint density at radius 1 is 0.792 bits per heavy atom. The van der Waals surface area contributed by atoms with E-state index in [4.69, 9.17) is 9.47 Å². The highest BCUT2D eigenvalue weighted by atomic mass is 16.5. The lowest BCUT2D eigenvalue weighted by molar-refractivity contribution is -0.146. The molecular formula is C41H73N5O7. The monoisotopic (exact) mass is 748 g/mol. The third kappa shape index (κ3) is 14.6. The Labute approximate surface area is 320 Å². The number of hydrogen-bond acceptors (Lipinski definition) is 8. The van der Waals surface area contributed by atoms with E-state index in [0.29, 0.717) is 19.4 Å². The molecule has 0 aromatic heterocycles. The van der Waals surface area contributed by atoms with E-state index in [9.17, 15) is 24.3 Å². The largest absolute Gasteiger partial charge is 0.386 e. The van der Waals surface area contributed by atoms with Gasteiger partial charge in [-0.05, 0) is 63.6 Å². The summed E-state index contributed by atoms with van der Waals surface area (Å²) in [5.74, 6) is -1.17. The number of carbonyl (C=O) groups is 4. The highest BCUT2D eigenvalue weighted by molar-refractivity contribution is 5.90. The average molecular weight is 748 g/mol. The van der Waals surface area contributed by atoms with Crippen LogP contribution >= 0.6 is 0 Å². The first-order valence-electron chi connectivity index (χ1n) is 19.4. The minimum absolute atomic E-state index is 0.0236. The number of nitrogens with zero attached hydrogens (tertiary/aromatic N) is 3. The van der Waals surface area contributed by atoms with Gasteiger partial charge in [-0.3, -0.25) is 24.1 Å². The van der Waals surface area contributed by atoms with E-state index in [2.05, 4.69) is 24.5 Å². The maximum Gasteiger partial charge on any atom is 0.245 e. The summed E-state index contributed by atoms with van der Waals surface area (Å²) in [5, 5.41) is 16.6. The minimum atomic E-state index is -0.823. The van der Waals surface area contributed by atoms with Gasteiger partial charge in [-0.1, -0.05) is 85.2 Å². The smallest absolute Gasteiger partial charge is 0.245 e. The molecule has 1 aromatic rings. The van der Waals surface area contributed by atoms with Crippen molar-refractivity contribution >= 4 is 23.6 Å². The van der Waals surface area contributed by atoms with E-state index in [1.165, 1.54) is 0 Å². The van der Waals surface area contributed by atoms with Crippen molar-refractivity contribution in [1.82, 2.24) is 25.3 Å². The molecule has 0 radical (unpaired) electrons. The van der Waals surface area contributed by atoms with Crippen molar-refractivity contribution in [2.75, 3.05) is 49.0 Å². The molecule has 0 bridgehead atoms. The molecule has 0 fully saturated rings. The molecule has 4 amide bonds. The molecule has 0 aliphatic rings. The fourth-order valence-corrected chi connectivity index (χ4v) is 7.10. The zero-order chi connectivity index (χ0) is 40.6. The van der Waals surface area contributed by atoms with Crippen LogP contribution in [0, 0.1) is 23.7 Å². The Morgan fingerprint density at radius 3 is 1.87 bits per heavy atom. The maximum atomic E-state index is 14.1. The van der Waals surface area contributed by atoms with Crippen LogP contribution in [-0.2, 0) is 28.7 Å². The summed E-state index contributed by atoms with van der Waals surface area (Å²) in [4.78, 5) is 59.2. The number of hydrogen-bond donors (Lipinski definition) is 3. The topological polar surface area (TPSA) is 141 Å². The number of methoxy groups -OCH3 is 2. The van der Waals surface area contributed by atoms with Crippen molar-refractivity contribution in [3.05, 3.63) is 35.9 Å². The molecule has 9 atom stereocenters. The number of ether oxygens (including phenoxy) is 2. The number of carbonyl (C=O) groups excluding carboxylic acids is 4. The number of rotatable bonds is 24. The van der Waals surface area contributed by atoms with E-state index >= 15 is 0 Å². The van der Waals surface area contributed by atoms with Gasteiger partial charge in [-0.25, -0.2) is 0 Å². The molecule has 0 saturated carbocycles. The van der Waals surface area contributed by atoms with E-state index in [-0.39, 0.29) is 59.9 Å². The van der Waals surface area contributed by atoms with Crippen LogP contribution in [0.3, 0.4) is 0 Å². The van der Waals surface area contributed by atoms with Crippen LogP contribution in [-0.4, -0.2) is 129 Å². The lowest BCUT2D eigenvalue weighted by Gasteiger charge is -2.40. The van der Waals surface area contributed by atoms with Crippen molar-refractivity contribution in [3.63, 3.8) is 0 Å². The van der Waals surface area contributed by atoms with Crippen molar-refractivity contribution in [1.29, 1.82) is 0 Å². The van der Waals surface area contributed by atoms with Crippen LogP contribution in [0.4, 0.5) is 0 Å². The van der Waals surface area contributed by atoms with Crippen LogP contribution < -0.4 is 10.6 Å². The molecule has 1 aromatic carbocycles. The number of amides is 4. The van der Waals surface area contributed by atoms with Crippen molar-refractivity contribution in [3.8, 4) is 0 Å². The summed E-state index contributed by atoms with van der Waals surface area (Å²) in [7, 11) is 10.4. The number of benzene rings is 1. The summed E-state index contributed by atoms with van der Waals surface area (Å²) in [5.41, 5.74) is 0.739. The quantitative estimate of drug-likeness (QED) is 0.131. The van der Waals surface area contributed by atoms with Crippen LogP contribution in [0.15, 0.2) is 30.3 Å². The van der Waals surface area contributed by atoms with Crippen molar-refractivity contribution in [2.45, 2.75) is 130 Å². The minimum Gasteiger partial charge on any atom is -0.386 e. The molecule has 53 heavy (non-hydrogen) atoms. The van der Waals surface area contributed by atoms with E-state index in [1.54, 1.807) is 45.0 Å². The third-order valence-corrected chi connectivity index (χ3v) is 10.7. The molecule has 1 rings (SSSR count). The van der Waals surface area contributed by atoms with Crippen LogP contribution in [0.1, 0.15) is 99.2 Å². The van der Waals surface area contributed by atoms with Crippen molar-refractivity contribution < 1.29 is 33.8 Å². The van der Waals surface area contributed by atoms with Gasteiger partial charge in [-0.2, -0.15) is 0 Å². The van der Waals surface area contributed by atoms with E-state index in [0.717, 1.165) is 18.4 Å².